The van der Waals surface area contributed by atoms with Gasteiger partial charge < -0.3 is 19.8 Å². The van der Waals surface area contributed by atoms with E-state index >= 15 is 0 Å². The number of hydrogen-bond acceptors (Lipinski definition) is 6. The first-order valence-electron chi connectivity index (χ1n) is 12.6. The van der Waals surface area contributed by atoms with Crippen LogP contribution in [0.2, 0.25) is 5.02 Å². The van der Waals surface area contributed by atoms with Crippen LogP contribution in [0.5, 0.6) is 5.75 Å². The minimum atomic E-state index is -0.891. The summed E-state index contributed by atoms with van der Waals surface area (Å²) in [7, 11) is 1.58. The number of halogens is 1. The first-order chi connectivity index (χ1) is 17.4. The van der Waals surface area contributed by atoms with Crippen LogP contribution in [0.3, 0.4) is 0 Å². The van der Waals surface area contributed by atoms with Crippen LogP contribution in [0.15, 0.2) is 48.9 Å². The van der Waals surface area contributed by atoms with Crippen LogP contribution in [-0.4, -0.2) is 57.8 Å². The summed E-state index contributed by atoms with van der Waals surface area (Å²) in [6.07, 6.45) is 9.38. The monoisotopic (exact) mass is 511 g/mol. The summed E-state index contributed by atoms with van der Waals surface area (Å²) in [6.45, 7) is 2.49. The number of aliphatic carboxylic acids is 1. The number of aryl methyl sites for hydroxylation is 1. The molecule has 0 amide bonds. The average Bonchev–Trinajstić information content (AvgIpc) is 2.90. The maximum Gasteiger partial charge on any atom is 0.309 e. The van der Waals surface area contributed by atoms with E-state index in [-0.39, 0.29) is 0 Å². The number of likely N-dealkylation sites (tertiary alicyclic amines) is 1. The molecule has 4 rings (SSSR count). The number of fused-ring (bicyclic) bond motifs is 1. The van der Waals surface area contributed by atoms with Gasteiger partial charge in [0.1, 0.15) is 5.75 Å². The molecule has 0 saturated carbocycles. The number of carboxylic acid groups (broad SMARTS) is 1. The van der Waals surface area contributed by atoms with E-state index in [1.807, 2.05) is 30.6 Å². The number of carboxylic acids is 1. The van der Waals surface area contributed by atoms with Gasteiger partial charge in [-0.05, 0) is 100 Å². The number of benzene rings is 1. The number of aliphatic hydroxyl groups excluding tert-OH is 1. The summed E-state index contributed by atoms with van der Waals surface area (Å²) >= 11 is 6.44. The van der Waals surface area contributed by atoms with Crippen LogP contribution in [0.1, 0.15) is 55.8 Å². The molecular formula is C28H34ClN3O4. The first-order valence-corrected chi connectivity index (χ1v) is 12.9. The third-order valence-electron chi connectivity index (χ3n) is 7.50. The lowest BCUT2D eigenvalue weighted by Crippen LogP contribution is -2.44. The summed E-state index contributed by atoms with van der Waals surface area (Å²) in [6, 6.07) is 9.55. The minimum Gasteiger partial charge on any atom is -0.497 e. The number of hydrogen-bond donors (Lipinski definition) is 2. The van der Waals surface area contributed by atoms with Crippen molar-refractivity contribution < 1.29 is 19.7 Å². The fraction of sp³-hybridized carbons (Fsp3) is 0.464. The van der Waals surface area contributed by atoms with Crippen LogP contribution < -0.4 is 4.74 Å². The van der Waals surface area contributed by atoms with E-state index in [9.17, 15) is 15.0 Å². The summed E-state index contributed by atoms with van der Waals surface area (Å²) in [5, 5.41) is 22.3. The van der Waals surface area contributed by atoms with Gasteiger partial charge in [-0.3, -0.25) is 14.8 Å². The van der Waals surface area contributed by atoms with Gasteiger partial charge in [0.25, 0.3) is 0 Å². The number of aromatic nitrogens is 2. The van der Waals surface area contributed by atoms with Gasteiger partial charge in [0.2, 0.25) is 0 Å². The highest BCUT2D eigenvalue weighted by atomic mass is 35.5. The van der Waals surface area contributed by atoms with Gasteiger partial charge in [-0.25, -0.2) is 0 Å². The van der Waals surface area contributed by atoms with Gasteiger partial charge in [0.15, 0.2) is 0 Å². The molecule has 8 heteroatoms. The first kappa shape index (κ1) is 26.3. The van der Waals surface area contributed by atoms with Crippen molar-refractivity contribution in [2.75, 3.05) is 26.7 Å². The Hall–Kier alpha value is -2.74. The van der Waals surface area contributed by atoms with Gasteiger partial charge in [-0.1, -0.05) is 11.6 Å². The highest BCUT2D eigenvalue weighted by molar-refractivity contribution is 6.32. The molecule has 3 aromatic rings. The standard InChI is InChI=1S/C28H34ClN3O4/c1-36-21-5-6-24-22(18-21)26(23(29)19-31-24)25(33)7-10-28(27(34)35)11-16-32(17-12-28)15-3-2-4-20-8-13-30-14-9-20/h5-6,8-9,13-14,18-19,25,33H,2-4,7,10-12,15-17H2,1H3,(H,34,35)/t25-/m1/s1. The summed E-state index contributed by atoms with van der Waals surface area (Å²) < 4.78 is 5.33. The maximum absolute atomic E-state index is 12.4. The smallest absolute Gasteiger partial charge is 0.309 e. The molecule has 1 saturated heterocycles. The Labute approximate surface area is 217 Å². The van der Waals surface area contributed by atoms with Gasteiger partial charge in [0, 0.05) is 29.5 Å². The Kier molecular flexibility index (Phi) is 8.77. The van der Waals surface area contributed by atoms with Crippen molar-refractivity contribution in [3.63, 3.8) is 0 Å². The molecule has 0 bridgehead atoms. The van der Waals surface area contributed by atoms with E-state index in [0.717, 1.165) is 44.3 Å². The quantitative estimate of drug-likeness (QED) is 0.337. The van der Waals surface area contributed by atoms with Crippen LogP contribution in [0, 0.1) is 5.41 Å². The van der Waals surface area contributed by atoms with Crippen molar-refractivity contribution in [3.8, 4) is 5.75 Å². The Bertz CT molecular complexity index is 1170. The zero-order chi connectivity index (χ0) is 25.5. The fourth-order valence-corrected chi connectivity index (χ4v) is 5.46. The highest BCUT2D eigenvalue weighted by Crippen LogP contribution is 2.41. The molecule has 1 aromatic carbocycles. The van der Waals surface area contributed by atoms with E-state index in [4.69, 9.17) is 16.3 Å². The van der Waals surface area contributed by atoms with Crippen LogP contribution in [0.4, 0.5) is 0 Å². The SMILES string of the molecule is COc1ccc2ncc(Cl)c([C@H](O)CCC3(C(=O)O)CCN(CCCCc4ccncc4)CC3)c2c1. The number of unbranched alkanes of at least 4 members (excludes halogenated alkanes) is 1. The molecule has 0 spiro atoms. The molecule has 1 atom stereocenters. The number of carbonyl (C=O) groups is 1. The molecule has 36 heavy (non-hydrogen) atoms. The van der Waals surface area contributed by atoms with Crippen LogP contribution >= 0.6 is 11.6 Å². The number of nitrogens with zero attached hydrogens (tertiary/aromatic N) is 3. The van der Waals surface area contributed by atoms with Crippen molar-refractivity contribution in [2.24, 2.45) is 5.41 Å². The van der Waals surface area contributed by atoms with Gasteiger partial charge in [-0.2, -0.15) is 0 Å². The second-order valence-corrected chi connectivity index (χ2v) is 10.1. The molecule has 2 N–H and O–H groups in total. The van der Waals surface area contributed by atoms with Crippen molar-refractivity contribution in [1.82, 2.24) is 14.9 Å². The number of piperidine rings is 1. The van der Waals surface area contributed by atoms with Gasteiger partial charge >= 0.3 is 5.97 Å². The average molecular weight is 512 g/mol. The van der Waals surface area contributed by atoms with Crippen molar-refractivity contribution >= 4 is 28.5 Å². The normalized spacial score (nSPS) is 16.6. The highest BCUT2D eigenvalue weighted by Gasteiger charge is 2.41. The van der Waals surface area contributed by atoms with Gasteiger partial charge in [-0.15, -0.1) is 0 Å². The number of methoxy groups -OCH3 is 1. The number of aliphatic hydroxyl groups is 1. The largest absolute Gasteiger partial charge is 0.497 e. The van der Waals surface area contributed by atoms with E-state index in [0.29, 0.717) is 47.5 Å². The predicted molar refractivity (Wildman–Crippen MR) is 140 cm³/mol. The summed E-state index contributed by atoms with van der Waals surface area (Å²) in [4.78, 5) is 23.1. The predicted octanol–water partition coefficient (Wildman–Crippen LogP) is 5.30. The molecule has 0 aliphatic carbocycles. The summed E-state index contributed by atoms with van der Waals surface area (Å²) in [5.74, 6) is -0.130. The molecule has 7 nitrogen and oxygen atoms in total. The fourth-order valence-electron chi connectivity index (χ4n) is 5.18. The molecule has 1 aliphatic heterocycles. The number of rotatable bonds is 11. The molecule has 0 unspecified atom stereocenters. The second-order valence-electron chi connectivity index (χ2n) is 9.70. The van der Waals surface area contributed by atoms with Crippen LogP contribution in [0.25, 0.3) is 10.9 Å². The zero-order valence-corrected chi connectivity index (χ0v) is 21.5. The lowest BCUT2D eigenvalue weighted by molar-refractivity contribution is -0.153. The zero-order valence-electron chi connectivity index (χ0n) is 20.7. The maximum atomic E-state index is 12.4. The van der Waals surface area contributed by atoms with Crippen molar-refractivity contribution in [3.05, 3.63) is 65.1 Å². The minimum absolute atomic E-state index is 0.314. The van der Waals surface area contributed by atoms with E-state index in [2.05, 4.69) is 27.0 Å². The van der Waals surface area contributed by atoms with Crippen molar-refractivity contribution in [1.29, 1.82) is 0 Å². The Balaban J connectivity index is 1.34. The lowest BCUT2D eigenvalue weighted by Gasteiger charge is -2.39. The Morgan fingerprint density at radius 1 is 1.19 bits per heavy atom. The third-order valence-corrected chi connectivity index (χ3v) is 7.80. The lowest BCUT2D eigenvalue weighted by atomic mass is 9.74. The molecule has 3 heterocycles. The van der Waals surface area contributed by atoms with Crippen LogP contribution in [-0.2, 0) is 11.2 Å². The van der Waals surface area contributed by atoms with E-state index in [1.165, 1.54) is 11.8 Å². The van der Waals surface area contributed by atoms with E-state index < -0.39 is 17.5 Å². The number of ether oxygens (including phenoxy) is 1. The molecule has 192 valence electrons. The van der Waals surface area contributed by atoms with Gasteiger partial charge in [0.05, 0.1) is 29.2 Å². The molecule has 1 fully saturated rings. The second kappa shape index (κ2) is 12.0. The van der Waals surface area contributed by atoms with Crippen molar-refractivity contribution in [2.45, 2.75) is 51.0 Å². The summed E-state index contributed by atoms with van der Waals surface area (Å²) in [5.41, 5.74) is 1.75. The Morgan fingerprint density at radius 3 is 2.64 bits per heavy atom. The Morgan fingerprint density at radius 2 is 1.94 bits per heavy atom. The molecule has 1 aliphatic rings. The topological polar surface area (TPSA) is 95.8 Å². The van der Waals surface area contributed by atoms with E-state index in [1.54, 1.807) is 7.11 Å². The third kappa shape index (κ3) is 6.14. The molecule has 0 radical (unpaired) electrons. The number of pyridine rings is 2. The molecular weight excluding hydrogens is 478 g/mol. The molecule has 2 aromatic heterocycles.